The van der Waals surface area contributed by atoms with Gasteiger partial charge in [0.05, 0.1) is 0 Å². The number of nitrogens with zero attached hydrogens (tertiary/aromatic N) is 2. The van der Waals surface area contributed by atoms with Crippen LogP contribution in [0.5, 0.6) is 0 Å². The summed E-state index contributed by atoms with van der Waals surface area (Å²) in [5.41, 5.74) is -0.802. The molecular formula is C16H31N3O2. The molecule has 1 unspecified atom stereocenters. The van der Waals surface area contributed by atoms with E-state index in [-0.39, 0.29) is 0 Å². The molecule has 0 aromatic carbocycles. The molecule has 2 aliphatic heterocycles. The fourth-order valence-electron chi connectivity index (χ4n) is 3.51. The SMILES string of the molecule is CNC(C)(CCN1CCC(N2CCCCC2)CC1)C(=O)O. The molecule has 2 fully saturated rings. The van der Waals surface area contributed by atoms with Gasteiger partial charge in [-0.3, -0.25) is 4.79 Å². The number of hydrogen-bond donors (Lipinski definition) is 2. The van der Waals surface area contributed by atoms with Gasteiger partial charge in [0.15, 0.2) is 0 Å². The smallest absolute Gasteiger partial charge is 0.323 e. The van der Waals surface area contributed by atoms with E-state index >= 15 is 0 Å². The average Bonchev–Trinajstić information content (AvgIpc) is 2.53. The molecule has 5 nitrogen and oxygen atoms in total. The molecular weight excluding hydrogens is 266 g/mol. The van der Waals surface area contributed by atoms with Gasteiger partial charge in [0.1, 0.15) is 5.54 Å². The van der Waals surface area contributed by atoms with Crippen LogP contribution in [-0.4, -0.2) is 72.2 Å². The molecule has 5 heteroatoms. The second kappa shape index (κ2) is 7.56. The third kappa shape index (κ3) is 4.41. The van der Waals surface area contributed by atoms with Gasteiger partial charge in [-0.1, -0.05) is 6.42 Å². The van der Waals surface area contributed by atoms with Crippen molar-refractivity contribution >= 4 is 5.97 Å². The first kappa shape index (κ1) is 16.7. The second-order valence-electron chi connectivity index (χ2n) is 6.81. The Morgan fingerprint density at radius 2 is 1.81 bits per heavy atom. The predicted octanol–water partition coefficient (Wildman–Crippen LogP) is 1.39. The normalized spacial score (nSPS) is 25.6. The van der Waals surface area contributed by atoms with Gasteiger partial charge in [0.25, 0.3) is 0 Å². The van der Waals surface area contributed by atoms with Crippen LogP contribution in [0.1, 0.15) is 45.4 Å². The lowest BCUT2D eigenvalue weighted by atomic mass is 9.96. The van der Waals surface area contributed by atoms with Crippen LogP contribution in [0.4, 0.5) is 0 Å². The maximum Gasteiger partial charge on any atom is 0.323 e. The molecule has 0 saturated carbocycles. The largest absolute Gasteiger partial charge is 0.480 e. The highest BCUT2D eigenvalue weighted by Gasteiger charge is 2.32. The van der Waals surface area contributed by atoms with E-state index in [0.717, 1.165) is 25.7 Å². The number of aliphatic carboxylic acids is 1. The van der Waals surface area contributed by atoms with E-state index in [1.807, 2.05) is 0 Å². The van der Waals surface area contributed by atoms with Crippen molar-refractivity contribution in [1.29, 1.82) is 0 Å². The number of likely N-dealkylation sites (tertiary alicyclic amines) is 2. The first-order valence-electron chi connectivity index (χ1n) is 8.44. The number of carboxylic acid groups (broad SMARTS) is 1. The molecule has 0 amide bonds. The molecule has 2 saturated heterocycles. The Morgan fingerprint density at radius 3 is 2.33 bits per heavy atom. The summed E-state index contributed by atoms with van der Waals surface area (Å²) in [6.07, 6.45) is 7.26. The summed E-state index contributed by atoms with van der Waals surface area (Å²) in [5, 5.41) is 12.2. The van der Waals surface area contributed by atoms with Crippen molar-refractivity contribution < 1.29 is 9.90 Å². The first-order valence-corrected chi connectivity index (χ1v) is 8.44. The molecule has 122 valence electrons. The highest BCUT2D eigenvalue weighted by Crippen LogP contribution is 2.21. The van der Waals surface area contributed by atoms with E-state index in [4.69, 9.17) is 0 Å². The van der Waals surface area contributed by atoms with Gasteiger partial charge < -0.3 is 20.2 Å². The lowest BCUT2D eigenvalue weighted by Gasteiger charge is -2.40. The number of carboxylic acids is 1. The standard InChI is InChI=1S/C16H31N3O2/c1-16(17-2,15(20)21)8-13-18-11-6-14(7-12-18)19-9-4-3-5-10-19/h14,17H,3-13H2,1-2H3,(H,20,21). The molecule has 0 aromatic heterocycles. The molecule has 1 atom stereocenters. The van der Waals surface area contributed by atoms with Gasteiger partial charge in [-0.05, 0) is 72.3 Å². The van der Waals surface area contributed by atoms with Crippen molar-refractivity contribution in [2.45, 2.75) is 57.0 Å². The topological polar surface area (TPSA) is 55.8 Å². The summed E-state index contributed by atoms with van der Waals surface area (Å²) >= 11 is 0. The van der Waals surface area contributed by atoms with E-state index in [1.54, 1.807) is 14.0 Å². The third-order valence-electron chi connectivity index (χ3n) is 5.42. The fourth-order valence-corrected chi connectivity index (χ4v) is 3.51. The zero-order valence-electron chi connectivity index (χ0n) is 13.6. The van der Waals surface area contributed by atoms with Crippen molar-refractivity contribution in [3.63, 3.8) is 0 Å². The van der Waals surface area contributed by atoms with Gasteiger partial charge in [-0.25, -0.2) is 0 Å². The highest BCUT2D eigenvalue weighted by atomic mass is 16.4. The molecule has 0 bridgehead atoms. The highest BCUT2D eigenvalue weighted by molar-refractivity contribution is 5.78. The van der Waals surface area contributed by atoms with E-state index in [0.29, 0.717) is 6.42 Å². The summed E-state index contributed by atoms with van der Waals surface area (Å²) in [6.45, 7) is 7.43. The number of hydrogen-bond acceptors (Lipinski definition) is 4. The quantitative estimate of drug-likeness (QED) is 0.776. The molecule has 0 spiro atoms. The molecule has 21 heavy (non-hydrogen) atoms. The third-order valence-corrected chi connectivity index (χ3v) is 5.42. The number of carbonyl (C=O) groups is 1. The summed E-state index contributed by atoms with van der Waals surface area (Å²) in [5.74, 6) is -0.756. The van der Waals surface area contributed by atoms with Gasteiger partial charge in [0, 0.05) is 12.6 Å². The van der Waals surface area contributed by atoms with E-state index in [1.165, 1.54) is 45.2 Å². The first-order chi connectivity index (χ1) is 10.0. The molecule has 0 aromatic rings. The number of likely N-dealkylation sites (N-methyl/N-ethyl adjacent to an activating group) is 1. The minimum absolute atomic E-state index is 0.660. The Balaban J connectivity index is 1.72. The number of rotatable bonds is 6. The fraction of sp³-hybridized carbons (Fsp3) is 0.938. The maximum absolute atomic E-state index is 11.3. The van der Waals surface area contributed by atoms with Crippen LogP contribution in [0.2, 0.25) is 0 Å². The number of piperidine rings is 2. The van der Waals surface area contributed by atoms with Crippen molar-refractivity contribution in [2.75, 3.05) is 39.8 Å². The van der Waals surface area contributed by atoms with Gasteiger partial charge in [-0.15, -0.1) is 0 Å². The van der Waals surface area contributed by atoms with Gasteiger partial charge in [0.2, 0.25) is 0 Å². The van der Waals surface area contributed by atoms with E-state index < -0.39 is 11.5 Å². The molecule has 2 rings (SSSR count). The van der Waals surface area contributed by atoms with Crippen LogP contribution in [0.3, 0.4) is 0 Å². The lowest BCUT2D eigenvalue weighted by molar-refractivity contribution is -0.144. The minimum Gasteiger partial charge on any atom is -0.480 e. The summed E-state index contributed by atoms with van der Waals surface area (Å²) < 4.78 is 0. The zero-order chi connectivity index (χ0) is 15.3. The van der Waals surface area contributed by atoms with Crippen LogP contribution in [0.15, 0.2) is 0 Å². The minimum atomic E-state index is -0.802. The van der Waals surface area contributed by atoms with Gasteiger partial charge in [-0.2, -0.15) is 0 Å². The van der Waals surface area contributed by atoms with Crippen LogP contribution >= 0.6 is 0 Å². The van der Waals surface area contributed by atoms with Crippen LogP contribution in [0, 0.1) is 0 Å². The van der Waals surface area contributed by atoms with Gasteiger partial charge >= 0.3 is 5.97 Å². The summed E-state index contributed by atoms with van der Waals surface area (Å²) in [6, 6.07) is 0.761. The number of nitrogens with one attached hydrogen (secondary N) is 1. The van der Waals surface area contributed by atoms with E-state index in [9.17, 15) is 9.90 Å². The Morgan fingerprint density at radius 1 is 1.19 bits per heavy atom. The Hall–Kier alpha value is -0.650. The Bertz CT molecular complexity index is 336. The van der Waals surface area contributed by atoms with Crippen LogP contribution < -0.4 is 5.32 Å². The molecule has 2 heterocycles. The Kier molecular flexibility index (Phi) is 6.02. The maximum atomic E-state index is 11.3. The van der Waals surface area contributed by atoms with E-state index in [2.05, 4.69) is 15.1 Å². The molecule has 0 radical (unpaired) electrons. The van der Waals surface area contributed by atoms with Crippen LogP contribution in [0.25, 0.3) is 0 Å². The monoisotopic (exact) mass is 297 g/mol. The second-order valence-corrected chi connectivity index (χ2v) is 6.81. The van der Waals surface area contributed by atoms with Crippen LogP contribution in [-0.2, 0) is 4.79 Å². The average molecular weight is 297 g/mol. The molecule has 2 aliphatic rings. The van der Waals surface area contributed by atoms with Crippen molar-refractivity contribution in [3.8, 4) is 0 Å². The van der Waals surface area contributed by atoms with Crippen molar-refractivity contribution in [1.82, 2.24) is 15.1 Å². The summed E-state index contributed by atoms with van der Waals surface area (Å²) in [4.78, 5) is 16.4. The zero-order valence-corrected chi connectivity index (χ0v) is 13.6. The van der Waals surface area contributed by atoms with Crippen molar-refractivity contribution in [2.24, 2.45) is 0 Å². The predicted molar refractivity (Wildman–Crippen MR) is 84.6 cm³/mol. The molecule has 0 aliphatic carbocycles. The molecule has 2 N–H and O–H groups in total. The van der Waals surface area contributed by atoms with Crippen molar-refractivity contribution in [3.05, 3.63) is 0 Å². The Labute approximate surface area is 128 Å². The lowest BCUT2D eigenvalue weighted by Crippen LogP contribution is -2.51. The summed E-state index contributed by atoms with van der Waals surface area (Å²) in [7, 11) is 1.73.